The molecule has 1 aromatic rings. The molecule has 1 fully saturated rings. The Balaban J connectivity index is 1.91. The van der Waals surface area contributed by atoms with E-state index < -0.39 is 6.09 Å². The molecule has 1 aliphatic heterocycles. The van der Waals surface area contributed by atoms with Gasteiger partial charge in [-0.25, -0.2) is 4.79 Å². The smallest absolute Gasteiger partial charge is 0.404 e. The monoisotopic (exact) mass is 276 g/mol. The molecular formula is C15H20N2O3. The number of carbonyl (C=O) groups excluding carboxylic acids is 2. The number of likely N-dealkylation sites (tertiary alicyclic amines) is 1. The first-order chi connectivity index (χ1) is 9.50. The molecule has 0 radical (unpaired) electrons. The average Bonchev–Trinajstić information content (AvgIpc) is 2.46. The van der Waals surface area contributed by atoms with Crippen molar-refractivity contribution in [1.29, 1.82) is 0 Å². The van der Waals surface area contributed by atoms with E-state index in [1.54, 1.807) is 0 Å². The van der Waals surface area contributed by atoms with Crippen LogP contribution < -0.4 is 5.73 Å². The second-order valence-electron chi connectivity index (χ2n) is 5.58. The molecule has 5 heteroatoms. The van der Waals surface area contributed by atoms with Crippen LogP contribution in [0.1, 0.15) is 30.1 Å². The molecule has 5 nitrogen and oxygen atoms in total. The van der Waals surface area contributed by atoms with Gasteiger partial charge < -0.3 is 15.4 Å². The quantitative estimate of drug-likeness (QED) is 0.918. The number of amides is 2. The summed E-state index contributed by atoms with van der Waals surface area (Å²) < 4.78 is 4.90. The summed E-state index contributed by atoms with van der Waals surface area (Å²) in [6, 6.07) is 9.27. The van der Waals surface area contributed by atoms with Crippen LogP contribution in [-0.2, 0) is 4.74 Å². The summed E-state index contributed by atoms with van der Waals surface area (Å²) in [5, 5.41) is 0. The molecule has 0 atom stereocenters. The van der Waals surface area contributed by atoms with Gasteiger partial charge in [-0.2, -0.15) is 0 Å². The lowest BCUT2D eigenvalue weighted by Gasteiger charge is -2.38. The molecule has 20 heavy (non-hydrogen) atoms. The molecule has 1 saturated heterocycles. The molecule has 1 heterocycles. The van der Waals surface area contributed by atoms with E-state index in [1.807, 2.05) is 35.2 Å². The van der Waals surface area contributed by atoms with Gasteiger partial charge in [0.25, 0.3) is 5.91 Å². The number of carbonyl (C=O) groups is 2. The van der Waals surface area contributed by atoms with Crippen LogP contribution in [0.5, 0.6) is 0 Å². The molecule has 2 amide bonds. The molecule has 108 valence electrons. The van der Waals surface area contributed by atoms with Crippen molar-refractivity contribution in [3.05, 3.63) is 35.9 Å². The summed E-state index contributed by atoms with van der Waals surface area (Å²) in [7, 11) is 0. The van der Waals surface area contributed by atoms with E-state index in [0.717, 1.165) is 12.8 Å². The van der Waals surface area contributed by atoms with Crippen LogP contribution in [0.25, 0.3) is 0 Å². The van der Waals surface area contributed by atoms with Crippen molar-refractivity contribution in [2.75, 3.05) is 19.7 Å². The zero-order chi connectivity index (χ0) is 14.6. The van der Waals surface area contributed by atoms with Gasteiger partial charge >= 0.3 is 6.09 Å². The van der Waals surface area contributed by atoms with Crippen molar-refractivity contribution in [2.45, 2.75) is 19.8 Å². The van der Waals surface area contributed by atoms with Crippen molar-refractivity contribution in [2.24, 2.45) is 11.1 Å². The number of hydrogen-bond acceptors (Lipinski definition) is 3. The summed E-state index contributed by atoms with van der Waals surface area (Å²) >= 11 is 0. The highest BCUT2D eigenvalue weighted by Gasteiger charge is 2.33. The largest absolute Gasteiger partial charge is 0.449 e. The highest BCUT2D eigenvalue weighted by Crippen LogP contribution is 2.31. The Hall–Kier alpha value is -2.04. The molecule has 2 rings (SSSR count). The fraction of sp³-hybridized carbons (Fsp3) is 0.467. The molecule has 0 aromatic heterocycles. The first-order valence-corrected chi connectivity index (χ1v) is 6.77. The van der Waals surface area contributed by atoms with E-state index in [-0.39, 0.29) is 11.3 Å². The molecular weight excluding hydrogens is 256 g/mol. The lowest BCUT2D eigenvalue weighted by molar-refractivity contribution is 0.0371. The Morgan fingerprint density at radius 2 is 1.85 bits per heavy atom. The van der Waals surface area contributed by atoms with Crippen LogP contribution in [0.2, 0.25) is 0 Å². The summed E-state index contributed by atoms with van der Waals surface area (Å²) in [5.41, 5.74) is 5.61. The summed E-state index contributed by atoms with van der Waals surface area (Å²) in [6.45, 7) is 3.72. The first kappa shape index (κ1) is 14.4. The molecule has 0 spiro atoms. The third-order valence-electron chi connectivity index (χ3n) is 3.84. The van der Waals surface area contributed by atoms with Crippen molar-refractivity contribution >= 4 is 12.0 Å². The summed E-state index contributed by atoms with van der Waals surface area (Å²) in [5.74, 6) is 0.0588. The molecule has 1 aromatic carbocycles. The molecule has 0 saturated carbocycles. The Morgan fingerprint density at radius 3 is 2.40 bits per heavy atom. The maximum atomic E-state index is 12.3. The van der Waals surface area contributed by atoms with Crippen LogP contribution in [-0.4, -0.2) is 36.6 Å². The predicted molar refractivity (Wildman–Crippen MR) is 75.2 cm³/mol. The third kappa shape index (κ3) is 3.50. The Morgan fingerprint density at radius 1 is 1.25 bits per heavy atom. The fourth-order valence-electron chi connectivity index (χ4n) is 2.40. The van der Waals surface area contributed by atoms with Crippen molar-refractivity contribution in [3.8, 4) is 0 Å². The van der Waals surface area contributed by atoms with Crippen molar-refractivity contribution < 1.29 is 14.3 Å². The van der Waals surface area contributed by atoms with Gasteiger partial charge in [0, 0.05) is 24.1 Å². The minimum Gasteiger partial charge on any atom is -0.449 e. The van der Waals surface area contributed by atoms with Gasteiger partial charge in [-0.05, 0) is 25.0 Å². The van der Waals surface area contributed by atoms with Crippen molar-refractivity contribution in [3.63, 3.8) is 0 Å². The minimum atomic E-state index is -0.742. The van der Waals surface area contributed by atoms with Crippen molar-refractivity contribution in [1.82, 2.24) is 4.90 Å². The number of piperidine rings is 1. The number of ether oxygens (including phenoxy) is 1. The van der Waals surface area contributed by atoms with E-state index in [1.165, 1.54) is 0 Å². The second kappa shape index (κ2) is 5.94. The molecule has 2 N–H and O–H groups in total. The second-order valence-corrected chi connectivity index (χ2v) is 5.58. The van der Waals surface area contributed by atoms with Gasteiger partial charge in [0.1, 0.15) is 0 Å². The average molecular weight is 276 g/mol. The Kier molecular flexibility index (Phi) is 4.27. The SMILES string of the molecule is CC1(COC(N)=O)CCN(C(=O)c2ccccc2)CC1. The van der Waals surface area contributed by atoms with E-state index in [4.69, 9.17) is 10.5 Å². The molecule has 1 aliphatic rings. The standard InChI is InChI=1S/C15H20N2O3/c1-15(11-20-14(16)19)7-9-17(10-8-15)13(18)12-5-3-2-4-6-12/h2-6H,7-11H2,1H3,(H2,16,19). The highest BCUT2D eigenvalue weighted by atomic mass is 16.5. The predicted octanol–water partition coefficient (Wildman–Crippen LogP) is 2.02. The minimum absolute atomic E-state index is 0.0588. The van der Waals surface area contributed by atoms with E-state index in [2.05, 4.69) is 6.92 Å². The maximum absolute atomic E-state index is 12.3. The highest BCUT2D eigenvalue weighted by molar-refractivity contribution is 5.94. The van der Waals surface area contributed by atoms with Crippen LogP contribution in [0, 0.1) is 5.41 Å². The van der Waals surface area contributed by atoms with Gasteiger partial charge in [0.05, 0.1) is 6.61 Å². The molecule has 0 bridgehead atoms. The Bertz CT molecular complexity index is 479. The molecule has 0 unspecified atom stereocenters. The zero-order valence-corrected chi connectivity index (χ0v) is 11.7. The van der Waals surface area contributed by atoms with Gasteiger partial charge in [0.2, 0.25) is 0 Å². The van der Waals surface area contributed by atoms with Gasteiger partial charge in [-0.3, -0.25) is 4.79 Å². The number of nitrogens with zero attached hydrogens (tertiary/aromatic N) is 1. The van der Waals surface area contributed by atoms with Crippen LogP contribution in [0.4, 0.5) is 4.79 Å². The normalized spacial score (nSPS) is 17.6. The van der Waals surface area contributed by atoms with Crippen LogP contribution in [0.3, 0.4) is 0 Å². The summed E-state index contributed by atoms with van der Waals surface area (Å²) in [6.07, 6.45) is 0.867. The number of primary amides is 1. The van der Waals surface area contributed by atoms with Crippen LogP contribution in [0.15, 0.2) is 30.3 Å². The topological polar surface area (TPSA) is 72.6 Å². The fourth-order valence-corrected chi connectivity index (χ4v) is 2.40. The lowest BCUT2D eigenvalue weighted by atomic mass is 9.81. The number of nitrogens with two attached hydrogens (primary N) is 1. The van der Waals surface area contributed by atoms with E-state index in [0.29, 0.717) is 25.3 Å². The number of hydrogen-bond donors (Lipinski definition) is 1. The lowest BCUT2D eigenvalue weighted by Crippen LogP contribution is -2.44. The number of rotatable bonds is 3. The first-order valence-electron chi connectivity index (χ1n) is 6.77. The zero-order valence-electron chi connectivity index (χ0n) is 11.7. The Labute approximate surface area is 118 Å². The van der Waals surface area contributed by atoms with Crippen LogP contribution >= 0.6 is 0 Å². The third-order valence-corrected chi connectivity index (χ3v) is 3.84. The van der Waals surface area contributed by atoms with Gasteiger partial charge in [-0.15, -0.1) is 0 Å². The van der Waals surface area contributed by atoms with Gasteiger partial charge in [-0.1, -0.05) is 25.1 Å². The molecule has 0 aliphatic carbocycles. The van der Waals surface area contributed by atoms with E-state index >= 15 is 0 Å². The maximum Gasteiger partial charge on any atom is 0.404 e. The van der Waals surface area contributed by atoms with Gasteiger partial charge in [0.15, 0.2) is 0 Å². The van der Waals surface area contributed by atoms with E-state index in [9.17, 15) is 9.59 Å². The number of benzene rings is 1. The summed E-state index contributed by atoms with van der Waals surface area (Å²) in [4.78, 5) is 24.8.